The standard InChI is InChI=1S/C27H31N3O4S/c1-20-15-16-21(2)25(17-20)30(35(33,34)24-13-9-6-10-14-24)19-26(31)29(22(3)27(32)28-4)18-23-11-7-5-8-12-23/h5-17,22H,18-19H2,1-4H3,(H,28,32)/t22-/m1/s1. The number of hydrogen-bond donors (Lipinski definition) is 1. The van der Waals surface area contributed by atoms with Crippen molar-refractivity contribution in [2.24, 2.45) is 0 Å². The van der Waals surface area contributed by atoms with Gasteiger partial charge in [0.15, 0.2) is 0 Å². The number of nitrogens with one attached hydrogen (secondary N) is 1. The Balaban J connectivity index is 2.06. The number of rotatable bonds is 9. The Bertz CT molecular complexity index is 1280. The lowest BCUT2D eigenvalue weighted by atomic mass is 10.1. The van der Waals surface area contributed by atoms with Crippen LogP contribution in [-0.4, -0.2) is 44.8 Å². The van der Waals surface area contributed by atoms with Crippen LogP contribution in [0.1, 0.15) is 23.6 Å². The fourth-order valence-electron chi connectivity index (χ4n) is 3.79. The molecule has 184 valence electrons. The van der Waals surface area contributed by atoms with Gasteiger partial charge in [-0.1, -0.05) is 60.7 Å². The van der Waals surface area contributed by atoms with E-state index in [9.17, 15) is 18.0 Å². The number of carbonyl (C=O) groups excluding carboxylic acids is 2. The van der Waals surface area contributed by atoms with Gasteiger partial charge in [-0.2, -0.15) is 0 Å². The number of nitrogens with zero attached hydrogens (tertiary/aromatic N) is 2. The Kier molecular flexibility index (Phi) is 8.30. The minimum atomic E-state index is -4.06. The minimum Gasteiger partial charge on any atom is -0.357 e. The van der Waals surface area contributed by atoms with Gasteiger partial charge in [0, 0.05) is 13.6 Å². The normalized spacial score (nSPS) is 12.0. The van der Waals surface area contributed by atoms with Crippen molar-refractivity contribution >= 4 is 27.5 Å². The van der Waals surface area contributed by atoms with Gasteiger partial charge in [0.05, 0.1) is 10.6 Å². The highest BCUT2D eigenvalue weighted by atomic mass is 32.2. The van der Waals surface area contributed by atoms with E-state index in [1.165, 1.54) is 24.1 Å². The maximum atomic E-state index is 13.7. The molecule has 0 aliphatic heterocycles. The van der Waals surface area contributed by atoms with Gasteiger partial charge in [0.25, 0.3) is 10.0 Å². The van der Waals surface area contributed by atoms with Crippen LogP contribution in [0, 0.1) is 13.8 Å². The number of aryl methyl sites for hydroxylation is 2. The quantitative estimate of drug-likeness (QED) is 0.493. The van der Waals surface area contributed by atoms with E-state index in [-0.39, 0.29) is 17.3 Å². The van der Waals surface area contributed by atoms with E-state index in [4.69, 9.17) is 0 Å². The molecule has 3 aromatic carbocycles. The van der Waals surface area contributed by atoms with Crippen molar-refractivity contribution in [1.82, 2.24) is 10.2 Å². The molecule has 0 saturated carbocycles. The van der Waals surface area contributed by atoms with Gasteiger partial charge in [0.2, 0.25) is 11.8 Å². The molecule has 2 amide bonds. The lowest BCUT2D eigenvalue weighted by molar-refractivity contribution is -0.139. The molecule has 0 radical (unpaired) electrons. The zero-order valence-corrected chi connectivity index (χ0v) is 21.2. The van der Waals surface area contributed by atoms with E-state index in [1.807, 2.05) is 56.3 Å². The maximum absolute atomic E-state index is 13.7. The van der Waals surface area contributed by atoms with E-state index in [0.29, 0.717) is 5.69 Å². The van der Waals surface area contributed by atoms with Crippen molar-refractivity contribution in [3.8, 4) is 0 Å². The predicted octanol–water partition coefficient (Wildman–Crippen LogP) is 3.66. The summed E-state index contributed by atoms with van der Waals surface area (Å²) in [5, 5.41) is 2.58. The Morgan fingerprint density at radius 3 is 2.11 bits per heavy atom. The molecule has 0 aromatic heterocycles. The Morgan fingerprint density at radius 1 is 0.914 bits per heavy atom. The fraction of sp³-hybridized carbons (Fsp3) is 0.259. The van der Waals surface area contributed by atoms with Crippen molar-refractivity contribution in [2.75, 3.05) is 17.9 Å². The van der Waals surface area contributed by atoms with Crippen LogP contribution in [0.2, 0.25) is 0 Å². The summed E-state index contributed by atoms with van der Waals surface area (Å²) >= 11 is 0. The summed E-state index contributed by atoms with van der Waals surface area (Å²) in [7, 11) is -2.55. The summed E-state index contributed by atoms with van der Waals surface area (Å²) in [4.78, 5) is 27.7. The largest absolute Gasteiger partial charge is 0.357 e. The van der Waals surface area contributed by atoms with Crippen molar-refractivity contribution in [3.63, 3.8) is 0 Å². The summed E-state index contributed by atoms with van der Waals surface area (Å²) in [6.45, 7) is 5.03. The van der Waals surface area contributed by atoms with Gasteiger partial charge < -0.3 is 10.2 Å². The number of benzene rings is 3. The maximum Gasteiger partial charge on any atom is 0.264 e. The monoisotopic (exact) mass is 493 g/mol. The molecule has 0 aliphatic carbocycles. The van der Waals surface area contributed by atoms with Crippen LogP contribution in [0.15, 0.2) is 83.8 Å². The summed E-state index contributed by atoms with van der Waals surface area (Å²) in [5.74, 6) is -0.816. The third-order valence-electron chi connectivity index (χ3n) is 5.85. The molecule has 0 fully saturated rings. The first-order chi connectivity index (χ1) is 16.6. The SMILES string of the molecule is CNC(=O)[C@@H](C)N(Cc1ccccc1)C(=O)CN(c1cc(C)ccc1C)S(=O)(=O)c1ccccc1. The van der Waals surface area contributed by atoms with Crippen LogP contribution in [0.3, 0.4) is 0 Å². The molecule has 1 atom stereocenters. The molecule has 0 bridgehead atoms. The topological polar surface area (TPSA) is 86.8 Å². The molecule has 8 heteroatoms. The highest BCUT2D eigenvalue weighted by Crippen LogP contribution is 2.28. The van der Waals surface area contributed by atoms with Crippen LogP contribution in [0.25, 0.3) is 0 Å². The number of carbonyl (C=O) groups is 2. The van der Waals surface area contributed by atoms with E-state index < -0.39 is 28.5 Å². The average Bonchev–Trinajstić information content (AvgIpc) is 2.87. The van der Waals surface area contributed by atoms with Crippen LogP contribution in [-0.2, 0) is 26.2 Å². The Morgan fingerprint density at radius 2 is 1.51 bits per heavy atom. The zero-order chi connectivity index (χ0) is 25.6. The lowest BCUT2D eigenvalue weighted by Crippen LogP contribution is -2.50. The van der Waals surface area contributed by atoms with Crippen LogP contribution in [0.4, 0.5) is 5.69 Å². The van der Waals surface area contributed by atoms with E-state index in [1.54, 1.807) is 31.2 Å². The van der Waals surface area contributed by atoms with Crippen molar-refractivity contribution in [3.05, 3.63) is 95.6 Å². The van der Waals surface area contributed by atoms with E-state index in [0.717, 1.165) is 21.0 Å². The van der Waals surface area contributed by atoms with E-state index >= 15 is 0 Å². The zero-order valence-electron chi connectivity index (χ0n) is 20.4. The third kappa shape index (κ3) is 6.08. The lowest BCUT2D eigenvalue weighted by Gasteiger charge is -2.32. The second kappa shape index (κ2) is 11.2. The third-order valence-corrected chi connectivity index (χ3v) is 7.63. The molecule has 7 nitrogen and oxygen atoms in total. The number of sulfonamides is 1. The Labute approximate surface area is 207 Å². The average molecular weight is 494 g/mol. The number of anilines is 1. The van der Waals surface area contributed by atoms with Crippen molar-refractivity contribution in [1.29, 1.82) is 0 Å². The molecule has 3 aromatic rings. The van der Waals surface area contributed by atoms with Crippen LogP contribution in [0.5, 0.6) is 0 Å². The number of amides is 2. The first-order valence-corrected chi connectivity index (χ1v) is 12.8. The number of likely N-dealkylation sites (N-methyl/N-ethyl adjacent to an activating group) is 1. The molecule has 1 N–H and O–H groups in total. The molecule has 35 heavy (non-hydrogen) atoms. The predicted molar refractivity (Wildman–Crippen MR) is 137 cm³/mol. The summed E-state index contributed by atoms with van der Waals surface area (Å²) in [6, 6.07) is 22.0. The first-order valence-electron chi connectivity index (χ1n) is 11.3. The minimum absolute atomic E-state index is 0.0858. The van der Waals surface area contributed by atoms with Gasteiger partial charge >= 0.3 is 0 Å². The van der Waals surface area contributed by atoms with Gasteiger partial charge in [-0.05, 0) is 55.7 Å². The second-order valence-electron chi connectivity index (χ2n) is 8.41. The summed E-state index contributed by atoms with van der Waals surface area (Å²) < 4.78 is 28.6. The molecule has 0 aliphatic rings. The second-order valence-corrected chi connectivity index (χ2v) is 10.3. The molecule has 0 saturated heterocycles. The van der Waals surface area contributed by atoms with Gasteiger partial charge in [-0.3, -0.25) is 13.9 Å². The number of hydrogen-bond acceptors (Lipinski definition) is 4. The summed E-state index contributed by atoms with van der Waals surface area (Å²) in [5.41, 5.74) is 2.85. The van der Waals surface area contributed by atoms with Crippen LogP contribution < -0.4 is 9.62 Å². The van der Waals surface area contributed by atoms with Gasteiger partial charge in [-0.25, -0.2) is 8.42 Å². The molecular weight excluding hydrogens is 462 g/mol. The molecule has 0 unspecified atom stereocenters. The highest BCUT2D eigenvalue weighted by Gasteiger charge is 2.32. The summed E-state index contributed by atoms with van der Waals surface area (Å²) in [6.07, 6.45) is 0. The smallest absolute Gasteiger partial charge is 0.264 e. The highest BCUT2D eigenvalue weighted by molar-refractivity contribution is 7.92. The molecule has 0 heterocycles. The molecular formula is C27H31N3O4S. The van der Waals surface area contributed by atoms with Crippen molar-refractivity contribution < 1.29 is 18.0 Å². The van der Waals surface area contributed by atoms with Gasteiger partial charge in [0.1, 0.15) is 12.6 Å². The Hall–Kier alpha value is -3.65. The molecule has 0 spiro atoms. The van der Waals surface area contributed by atoms with Crippen LogP contribution >= 0.6 is 0 Å². The van der Waals surface area contributed by atoms with Gasteiger partial charge in [-0.15, -0.1) is 0 Å². The fourth-order valence-corrected chi connectivity index (χ4v) is 5.28. The first kappa shape index (κ1) is 26.0. The molecule has 3 rings (SSSR count). The van der Waals surface area contributed by atoms with E-state index in [2.05, 4.69) is 5.32 Å². The van der Waals surface area contributed by atoms with Crippen molar-refractivity contribution in [2.45, 2.75) is 38.3 Å².